The predicted molar refractivity (Wildman–Crippen MR) is 27.0 cm³/mol. The van der Waals surface area contributed by atoms with Gasteiger partial charge in [-0.15, -0.1) is 0 Å². The Bertz CT molecular complexity index is 18.4. The molecule has 0 aliphatic rings. The van der Waals surface area contributed by atoms with Gasteiger partial charge in [0.15, 0.2) is 0 Å². The third-order valence-corrected chi connectivity index (χ3v) is 0.167. The van der Waals surface area contributed by atoms with E-state index in [0.29, 0.717) is 6.61 Å². The predicted octanol–water partition coefficient (Wildman–Crippen LogP) is -0.597. The Labute approximate surface area is 43.3 Å². The van der Waals surface area contributed by atoms with Crippen molar-refractivity contribution in [3.05, 3.63) is 0 Å². The Morgan fingerprint density at radius 1 is 1.43 bits per heavy atom. The van der Waals surface area contributed by atoms with Gasteiger partial charge in [0.2, 0.25) is 0 Å². The summed E-state index contributed by atoms with van der Waals surface area (Å²) in [5.74, 6) is 8.88. The number of hydrogen-bond acceptors (Lipinski definition) is 4. The SMILES string of the molecule is CCON.CON. The molecule has 7 heavy (non-hydrogen) atoms. The van der Waals surface area contributed by atoms with Crippen LogP contribution in [0.5, 0.6) is 0 Å². The highest BCUT2D eigenvalue weighted by molar-refractivity contribution is 3.91. The van der Waals surface area contributed by atoms with Gasteiger partial charge >= 0.3 is 0 Å². The van der Waals surface area contributed by atoms with Crippen LogP contribution in [-0.4, -0.2) is 13.7 Å². The fraction of sp³-hybridized carbons (Fsp3) is 1.00. The molecule has 0 rings (SSSR count). The highest BCUT2D eigenvalue weighted by atomic mass is 16.6. The lowest BCUT2D eigenvalue weighted by atomic mass is 10.9. The molecular weight excluding hydrogens is 96.0 g/mol. The molecule has 0 atom stereocenters. The second kappa shape index (κ2) is 17.0. The van der Waals surface area contributed by atoms with Crippen molar-refractivity contribution in [2.24, 2.45) is 11.8 Å². The molecule has 0 aliphatic carbocycles. The Morgan fingerprint density at radius 3 is 1.57 bits per heavy atom. The summed E-state index contributed by atoms with van der Waals surface area (Å²) in [6.45, 7) is 2.43. The highest BCUT2D eigenvalue weighted by Gasteiger charge is 1.52. The second-order valence-corrected chi connectivity index (χ2v) is 0.691. The van der Waals surface area contributed by atoms with Gasteiger partial charge in [0.1, 0.15) is 0 Å². The van der Waals surface area contributed by atoms with Crippen LogP contribution in [0.3, 0.4) is 0 Å². The minimum Gasteiger partial charge on any atom is -0.308 e. The minimum atomic E-state index is 0.597. The highest BCUT2D eigenvalue weighted by Crippen LogP contribution is 1.46. The van der Waals surface area contributed by atoms with Crippen molar-refractivity contribution in [2.75, 3.05) is 13.7 Å². The first-order valence-electron chi connectivity index (χ1n) is 1.88. The molecule has 0 aromatic heterocycles. The summed E-state index contributed by atoms with van der Waals surface area (Å²) in [6.07, 6.45) is 0. The fourth-order valence-corrected chi connectivity index (χ4v) is 0. The zero-order valence-electron chi connectivity index (χ0n) is 4.68. The van der Waals surface area contributed by atoms with E-state index in [4.69, 9.17) is 0 Å². The Hall–Kier alpha value is -0.160. The van der Waals surface area contributed by atoms with Crippen LogP contribution in [0.2, 0.25) is 0 Å². The van der Waals surface area contributed by atoms with Crippen molar-refractivity contribution in [1.82, 2.24) is 0 Å². The molecule has 0 fully saturated rings. The van der Waals surface area contributed by atoms with Crippen LogP contribution < -0.4 is 11.8 Å². The third kappa shape index (κ3) is 122. The summed E-state index contributed by atoms with van der Waals surface area (Å²) >= 11 is 0. The summed E-state index contributed by atoms with van der Waals surface area (Å²) in [6, 6.07) is 0. The number of nitrogens with two attached hydrogens (primary N) is 2. The van der Waals surface area contributed by atoms with E-state index < -0.39 is 0 Å². The largest absolute Gasteiger partial charge is 0.308 e. The van der Waals surface area contributed by atoms with Crippen LogP contribution in [0.15, 0.2) is 0 Å². The van der Waals surface area contributed by atoms with Crippen molar-refractivity contribution >= 4 is 0 Å². The Kier molecular flexibility index (Phi) is 24.1. The second-order valence-electron chi connectivity index (χ2n) is 0.691. The van der Waals surface area contributed by atoms with Crippen LogP contribution in [0.4, 0.5) is 0 Å². The van der Waals surface area contributed by atoms with E-state index >= 15 is 0 Å². The van der Waals surface area contributed by atoms with Crippen molar-refractivity contribution in [3.63, 3.8) is 0 Å². The zero-order chi connectivity index (χ0) is 6.12. The first-order chi connectivity index (χ1) is 3.33. The minimum absolute atomic E-state index is 0.597. The van der Waals surface area contributed by atoms with Crippen LogP contribution in [0.1, 0.15) is 6.92 Å². The molecular formula is C3H12N2O2. The van der Waals surface area contributed by atoms with E-state index in [-0.39, 0.29) is 0 Å². The van der Waals surface area contributed by atoms with Gasteiger partial charge < -0.3 is 9.68 Å². The average Bonchev–Trinajstić information content (AvgIpc) is 1.69. The van der Waals surface area contributed by atoms with Gasteiger partial charge in [-0.3, -0.25) is 0 Å². The molecule has 0 saturated heterocycles. The molecule has 4 N–H and O–H groups in total. The van der Waals surface area contributed by atoms with E-state index in [1.54, 1.807) is 0 Å². The molecule has 0 aliphatic heterocycles. The van der Waals surface area contributed by atoms with Gasteiger partial charge in [-0.2, -0.15) is 0 Å². The van der Waals surface area contributed by atoms with Crippen LogP contribution >= 0.6 is 0 Å². The molecule has 0 aromatic rings. The van der Waals surface area contributed by atoms with Crippen molar-refractivity contribution < 1.29 is 9.68 Å². The van der Waals surface area contributed by atoms with Gasteiger partial charge in [-0.1, -0.05) is 0 Å². The number of rotatable bonds is 1. The molecule has 0 aromatic carbocycles. The maximum Gasteiger partial charge on any atom is 0.0651 e. The fourth-order valence-electron chi connectivity index (χ4n) is 0. The normalized spacial score (nSPS) is 6.86. The Balaban J connectivity index is 0. The third-order valence-electron chi connectivity index (χ3n) is 0.167. The quantitative estimate of drug-likeness (QED) is 0.440. The van der Waals surface area contributed by atoms with Gasteiger partial charge in [0.25, 0.3) is 0 Å². The molecule has 46 valence electrons. The number of hydrogen-bond donors (Lipinski definition) is 2. The molecule has 0 amide bonds. The molecule has 0 saturated carbocycles. The first-order valence-corrected chi connectivity index (χ1v) is 1.88. The smallest absolute Gasteiger partial charge is 0.0651 e. The van der Waals surface area contributed by atoms with Crippen LogP contribution in [0.25, 0.3) is 0 Å². The summed E-state index contributed by atoms with van der Waals surface area (Å²) in [5.41, 5.74) is 0. The average molecular weight is 108 g/mol. The zero-order valence-corrected chi connectivity index (χ0v) is 4.68. The monoisotopic (exact) mass is 108 g/mol. The van der Waals surface area contributed by atoms with Gasteiger partial charge in [0, 0.05) is 0 Å². The lowest BCUT2D eigenvalue weighted by molar-refractivity contribution is 0.152. The first kappa shape index (κ1) is 9.96. The Morgan fingerprint density at radius 2 is 1.57 bits per heavy atom. The van der Waals surface area contributed by atoms with Crippen molar-refractivity contribution in [1.29, 1.82) is 0 Å². The molecule has 0 spiro atoms. The maximum atomic E-state index is 4.53. The lowest BCUT2D eigenvalue weighted by Gasteiger charge is -1.76. The van der Waals surface area contributed by atoms with Crippen molar-refractivity contribution in [3.8, 4) is 0 Å². The topological polar surface area (TPSA) is 70.5 Å². The van der Waals surface area contributed by atoms with Crippen LogP contribution in [0, 0.1) is 0 Å². The molecule has 4 heteroatoms. The molecule has 0 heterocycles. The van der Waals surface area contributed by atoms with Gasteiger partial charge in [-0.25, -0.2) is 11.8 Å². The van der Waals surface area contributed by atoms with E-state index in [2.05, 4.69) is 21.5 Å². The molecule has 4 nitrogen and oxygen atoms in total. The standard InChI is InChI=1S/C2H7NO.CH5NO/c1-2-4-3;1-3-2/h2-3H2,1H3;2H2,1H3. The summed E-state index contributed by atoms with van der Waals surface area (Å²) < 4.78 is 0. The van der Waals surface area contributed by atoms with Crippen LogP contribution in [-0.2, 0) is 9.68 Å². The summed E-state index contributed by atoms with van der Waals surface area (Å²) in [4.78, 5) is 7.79. The molecule has 0 unspecified atom stereocenters. The molecule has 0 radical (unpaired) electrons. The van der Waals surface area contributed by atoms with E-state index in [1.165, 1.54) is 7.11 Å². The van der Waals surface area contributed by atoms with Gasteiger partial charge in [0.05, 0.1) is 13.7 Å². The van der Waals surface area contributed by atoms with E-state index in [9.17, 15) is 0 Å². The lowest BCUT2D eigenvalue weighted by Crippen LogP contribution is -1.94. The summed E-state index contributed by atoms with van der Waals surface area (Å²) in [5, 5.41) is 0. The van der Waals surface area contributed by atoms with Gasteiger partial charge in [-0.05, 0) is 6.92 Å². The summed E-state index contributed by atoms with van der Waals surface area (Å²) in [7, 11) is 1.40. The van der Waals surface area contributed by atoms with E-state index in [0.717, 1.165) is 0 Å². The van der Waals surface area contributed by atoms with Crippen molar-refractivity contribution in [2.45, 2.75) is 6.92 Å². The molecule has 0 bridgehead atoms. The maximum absolute atomic E-state index is 4.53. The van der Waals surface area contributed by atoms with E-state index in [1.807, 2.05) is 6.92 Å².